The predicted octanol–water partition coefficient (Wildman–Crippen LogP) is 6.32. The van der Waals surface area contributed by atoms with E-state index in [1.165, 1.54) is 12.0 Å². The van der Waals surface area contributed by atoms with E-state index in [1.807, 2.05) is 54.6 Å². The zero-order valence-corrected chi connectivity index (χ0v) is 28.8. The van der Waals surface area contributed by atoms with Gasteiger partial charge >= 0.3 is 12.1 Å². The van der Waals surface area contributed by atoms with E-state index in [0.29, 0.717) is 35.7 Å². The molecule has 2 aliphatic carbocycles. The van der Waals surface area contributed by atoms with Crippen LogP contribution in [0.2, 0.25) is 0 Å². The zero-order chi connectivity index (χ0) is 34.7. The van der Waals surface area contributed by atoms with Crippen LogP contribution in [0.3, 0.4) is 0 Å². The topological polar surface area (TPSA) is 116 Å². The van der Waals surface area contributed by atoms with Crippen LogP contribution in [0.5, 0.6) is 11.6 Å². The highest BCUT2D eigenvalue weighted by atomic mass is 16.6. The molecule has 2 aliphatic heterocycles. The van der Waals surface area contributed by atoms with Crippen molar-refractivity contribution < 1.29 is 33.3 Å². The lowest BCUT2D eigenvalue weighted by molar-refractivity contribution is -0.153. The van der Waals surface area contributed by atoms with Gasteiger partial charge in [0.25, 0.3) is 0 Å². The second-order valence-corrected chi connectivity index (χ2v) is 14.3. The molecular formula is C40H45N3O7. The number of para-hydroxylation sites is 1. The SMILES string of the molecule is COC(=O)[C@@H]1C[C@@H]2CN1C(=O)[C@H](C1(C)CCCCC1)NC(=O)O[C@@H]1C[C@H]1CCCC#Cc1c(nc3ccccc3c1OCc1ccccc1)O2. The van der Waals surface area contributed by atoms with Crippen LogP contribution in [-0.4, -0.2) is 65.8 Å². The van der Waals surface area contributed by atoms with Gasteiger partial charge in [0.05, 0.1) is 19.2 Å². The Morgan fingerprint density at radius 2 is 1.80 bits per heavy atom. The molecule has 262 valence electrons. The van der Waals surface area contributed by atoms with Gasteiger partial charge in [0.2, 0.25) is 11.8 Å². The first kappa shape index (κ1) is 33.7. The quantitative estimate of drug-likeness (QED) is 0.246. The molecule has 7 rings (SSSR count). The number of hydrogen-bond donors (Lipinski definition) is 1. The summed E-state index contributed by atoms with van der Waals surface area (Å²) < 4.78 is 24.2. The standard InChI is InChI=1S/C40H45N3O7/c1-40(20-12-5-13-21-40)35-37(44)43-24-28(23-32(43)38(45)47-2)49-36-30(18-9-4-8-16-27-22-33(27)50-39(46)42-35)34(29-17-10-11-19-31(29)41-36)48-25-26-14-6-3-7-15-26/h3,6-7,10-11,14-15,17,19,27-28,32-33,35H,4-5,8,12-13,16,20-25H2,1-2H3,(H,42,46)/t27-,28-,32+,33-,35-/m1/s1. The molecule has 0 radical (unpaired) electrons. The first-order chi connectivity index (χ1) is 24.3. The van der Waals surface area contributed by atoms with E-state index >= 15 is 0 Å². The summed E-state index contributed by atoms with van der Waals surface area (Å²) in [5.41, 5.74) is 1.73. The molecule has 50 heavy (non-hydrogen) atoms. The van der Waals surface area contributed by atoms with E-state index in [2.05, 4.69) is 24.1 Å². The molecule has 0 unspecified atom stereocenters. The van der Waals surface area contributed by atoms with Crippen LogP contribution in [0.15, 0.2) is 54.6 Å². The number of fused-ring (bicyclic) bond motifs is 5. The Hall–Kier alpha value is -4.78. The van der Waals surface area contributed by atoms with Crippen LogP contribution in [0.1, 0.15) is 82.3 Å². The molecule has 2 saturated carbocycles. The lowest BCUT2D eigenvalue weighted by atomic mass is 9.70. The number of carbonyl (C=O) groups excluding carboxylic acids is 3. The summed E-state index contributed by atoms with van der Waals surface area (Å²) in [5.74, 6) is 6.92. The summed E-state index contributed by atoms with van der Waals surface area (Å²) in [5, 5.41) is 3.79. The third-order valence-corrected chi connectivity index (χ3v) is 10.7. The van der Waals surface area contributed by atoms with Gasteiger partial charge in [-0.3, -0.25) is 4.79 Å². The fourth-order valence-corrected chi connectivity index (χ4v) is 7.79. The van der Waals surface area contributed by atoms with E-state index in [-0.39, 0.29) is 30.9 Å². The van der Waals surface area contributed by atoms with Crippen LogP contribution < -0.4 is 14.8 Å². The Bertz CT molecular complexity index is 1790. The van der Waals surface area contributed by atoms with Gasteiger partial charge in [-0.05, 0) is 61.1 Å². The number of nitrogens with one attached hydrogen (secondary N) is 1. The minimum Gasteiger partial charge on any atom is -0.487 e. The Kier molecular flexibility index (Phi) is 9.84. The number of esters is 1. The van der Waals surface area contributed by atoms with Gasteiger partial charge < -0.3 is 29.2 Å². The zero-order valence-electron chi connectivity index (χ0n) is 28.8. The monoisotopic (exact) mass is 679 g/mol. The van der Waals surface area contributed by atoms with E-state index in [1.54, 1.807) is 0 Å². The van der Waals surface area contributed by atoms with Crippen LogP contribution in [0.4, 0.5) is 4.79 Å². The van der Waals surface area contributed by atoms with Crippen molar-refractivity contribution in [2.75, 3.05) is 13.7 Å². The number of methoxy groups -OCH3 is 1. The van der Waals surface area contributed by atoms with Gasteiger partial charge in [-0.15, -0.1) is 0 Å². The van der Waals surface area contributed by atoms with Crippen molar-refractivity contribution in [3.05, 3.63) is 65.7 Å². The molecule has 1 aromatic heterocycles. The van der Waals surface area contributed by atoms with Crippen LogP contribution in [0.25, 0.3) is 10.9 Å². The van der Waals surface area contributed by atoms with Crippen molar-refractivity contribution in [1.82, 2.24) is 15.2 Å². The fourth-order valence-electron chi connectivity index (χ4n) is 7.79. The van der Waals surface area contributed by atoms with Crippen molar-refractivity contribution in [2.45, 2.75) is 102 Å². The number of amides is 2. The minimum absolute atomic E-state index is 0.105. The molecule has 0 spiro atoms. The number of benzene rings is 2. The van der Waals surface area contributed by atoms with Crippen LogP contribution in [0, 0.1) is 23.2 Å². The summed E-state index contributed by atoms with van der Waals surface area (Å²) in [6, 6.07) is 15.9. The van der Waals surface area contributed by atoms with E-state index in [9.17, 15) is 14.4 Å². The number of rotatable bonds is 5. The summed E-state index contributed by atoms with van der Waals surface area (Å²) in [6.07, 6.45) is 6.52. The molecule has 1 N–H and O–H groups in total. The molecule has 3 heterocycles. The van der Waals surface area contributed by atoms with Crippen molar-refractivity contribution in [3.8, 4) is 23.5 Å². The molecule has 10 nitrogen and oxygen atoms in total. The van der Waals surface area contributed by atoms with Crippen LogP contribution >= 0.6 is 0 Å². The van der Waals surface area contributed by atoms with E-state index in [4.69, 9.17) is 23.9 Å². The number of ether oxygens (including phenoxy) is 4. The first-order valence-corrected chi connectivity index (χ1v) is 17.9. The van der Waals surface area contributed by atoms with Crippen molar-refractivity contribution in [2.24, 2.45) is 11.3 Å². The second-order valence-electron chi connectivity index (χ2n) is 14.3. The highest BCUT2D eigenvalue weighted by molar-refractivity contribution is 5.91. The number of hydrogen-bond acceptors (Lipinski definition) is 8. The number of pyridine rings is 1. The molecule has 2 bridgehead atoms. The van der Waals surface area contributed by atoms with Crippen molar-refractivity contribution >= 4 is 28.9 Å². The highest BCUT2D eigenvalue weighted by Gasteiger charge is 2.50. The summed E-state index contributed by atoms with van der Waals surface area (Å²) in [4.78, 5) is 47.6. The molecule has 4 aliphatic rings. The first-order valence-electron chi connectivity index (χ1n) is 17.9. The summed E-state index contributed by atoms with van der Waals surface area (Å²) in [6.45, 7) is 2.49. The molecule has 2 aromatic carbocycles. The van der Waals surface area contributed by atoms with Crippen molar-refractivity contribution in [3.63, 3.8) is 0 Å². The normalized spacial score (nSPS) is 26.4. The Balaban J connectivity index is 1.28. The lowest BCUT2D eigenvalue weighted by Gasteiger charge is -2.41. The maximum absolute atomic E-state index is 14.6. The molecule has 5 atom stereocenters. The van der Waals surface area contributed by atoms with Gasteiger partial charge in [-0.2, -0.15) is 0 Å². The number of aromatic nitrogens is 1. The number of nitrogens with zero attached hydrogens (tertiary/aromatic N) is 2. The fraction of sp³-hybridized carbons (Fsp3) is 0.500. The largest absolute Gasteiger partial charge is 0.487 e. The Morgan fingerprint density at radius 1 is 1.02 bits per heavy atom. The third kappa shape index (κ3) is 7.23. The second kappa shape index (κ2) is 14.6. The maximum atomic E-state index is 14.6. The van der Waals surface area contributed by atoms with Gasteiger partial charge in [0.1, 0.15) is 42.2 Å². The molecule has 3 fully saturated rings. The molecule has 3 aromatic rings. The average molecular weight is 680 g/mol. The van der Waals surface area contributed by atoms with Gasteiger partial charge in [0.15, 0.2) is 0 Å². The number of carbonyl (C=O) groups is 3. The molecule has 2 amide bonds. The predicted molar refractivity (Wildman–Crippen MR) is 186 cm³/mol. The summed E-state index contributed by atoms with van der Waals surface area (Å²) in [7, 11) is 1.32. The van der Waals surface area contributed by atoms with Gasteiger partial charge in [-0.1, -0.05) is 80.5 Å². The van der Waals surface area contributed by atoms with Crippen LogP contribution in [-0.2, 0) is 25.7 Å². The summed E-state index contributed by atoms with van der Waals surface area (Å²) >= 11 is 0. The Labute approximate surface area is 293 Å². The maximum Gasteiger partial charge on any atom is 0.408 e. The lowest BCUT2D eigenvalue weighted by Crippen LogP contribution is -2.58. The van der Waals surface area contributed by atoms with Crippen molar-refractivity contribution in [1.29, 1.82) is 0 Å². The Morgan fingerprint density at radius 3 is 2.60 bits per heavy atom. The average Bonchev–Trinajstić information content (AvgIpc) is 3.72. The minimum atomic E-state index is -0.899. The number of alkyl carbamates (subject to hydrolysis) is 1. The molecule has 1 saturated heterocycles. The third-order valence-electron chi connectivity index (χ3n) is 10.7. The molecule has 10 heteroatoms. The molecular weight excluding hydrogens is 634 g/mol. The van der Waals surface area contributed by atoms with E-state index in [0.717, 1.165) is 62.3 Å². The highest BCUT2D eigenvalue weighted by Crippen LogP contribution is 2.42. The van der Waals surface area contributed by atoms with Gasteiger partial charge in [0, 0.05) is 18.2 Å². The van der Waals surface area contributed by atoms with E-state index < -0.39 is 35.7 Å². The smallest absolute Gasteiger partial charge is 0.408 e. The van der Waals surface area contributed by atoms with Gasteiger partial charge in [-0.25, -0.2) is 14.6 Å².